The van der Waals surface area contributed by atoms with E-state index >= 15 is 0 Å². The Bertz CT molecular complexity index is 606. The summed E-state index contributed by atoms with van der Waals surface area (Å²) in [4.78, 5) is 15.9. The summed E-state index contributed by atoms with van der Waals surface area (Å²) >= 11 is 0. The minimum absolute atomic E-state index is 0. The Kier molecular flexibility index (Phi) is 11.3. The number of guanidine groups is 1. The van der Waals surface area contributed by atoms with E-state index in [2.05, 4.69) is 27.9 Å². The summed E-state index contributed by atoms with van der Waals surface area (Å²) in [6.45, 7) is 4.88. The van der Waals surface area contributed by atoms with E-state index in [1.54, 1.807) is 14.1 Å². The number of benzene rings is 1. The number of ether oxygens (including phenoxy) is 2. The van der Waals surface area contributed by atoms with Gasteiger partial charge in [-0.3, -0.25) is 9.79 Å². The monoisotopic (exact) mass is 490 g/mol. The smallest absolute Gasteiger partial charge is 0.251 e. The number of hydrogen-bond acceptors (Lipinski definition) is 4. The van der Waals surface area contributed by atoms with E-state index < -0.39 is 0 Å². The summed E-state index contributed by atoms with van der Waals surface area (Å²) in [6, 6.07) is 7.80. The number of nitrogens with one attached hydrogen (secondary N) is 3. The molecule has 1 saturated heterocycles. The Morgan fingerprint density at radius 3 is 2.93 bits per heavy atom. The normalized spacial score (nSPS) is 17.7. The predicted octanol–water partition coefficient (Wildman–Crippen LogP) is 1.57. The first kappa shape index (κ1) is 23.6. The van der Waals surface area contributed by atoms with Crippen molar-refractivity contribution in [2.75, 3.05) is 40.5 Å². The molecular weight excluding hydrogens is 459 g/mol. The second-order valence-corrected chi connectivity index (χ2v) is 6.39. The summed E-state index contributed by atoms with van der Waals surface area (Å²) in [5.74, 6) is 0.671. The molecule has 1 fully saturated rings. The topological polar surface area (TPSA) is 84.0 Å². The van der Waals surface area contributed by atoms with Crippen molar-refractivity contribution >= 4 is 35.8 Å². The molecule has 0 spiro atoms. The lowest BCUT2D eigenvalue weighted by atomic mass is 10.1. The van der Waals surface area contributed by atoms with Gasteiger partial charge in [0.05, 0.1) is 19.3 Å². The largest absolute Gasteiger partial charge is 0.379 e. The Balaban J connectivity index is 0.00000364. The van der Waals surface area contributed by atoms with Crippen molar-refractivity contribution in [3.05, 3.63) is 35.4 Å². The van der Waals surface area contributed by atoms with Crippen LogP contribution in [0.1, 0.15) is 29.3 Å². The minimum atomic E-state index is -0.0706. The molecule has 0 aromatic heterocycles. The lowest BCUT2D eigenvalue weighted by Crippen LogP contribution is -2.45. The molecule has 2 unspecified atom stereocenters. The van der Waals surface area contributed by atoms with Crippen LogP contribution >= 0.6 is 24.0 Å². The van der Waals surface area contributed by atoms with Crippen LogP contribution in [0.3, 0.4) is 0 Å². The maximum atomic E-state index is 11.7. The Labute approximate surface area is 178 Å². The summed E-state index contributed by atoms with van der Waals surface area (Å²) in [5.41, 5.74) is 1.78. The van der Waals surface area contributed by atoms with Crippen molar-refractivity contribution in [2.45, 2.75) is 31.9 Å². The van der Waals surface area contributed by atoms with Crippen LogP contribution in [0.15, 0.2) is 29.3 Å². The molecule has 7 nitrogen and oxygen atoms in total. The first-order valence-corrected chi connectivity index (χ1v) is 9.10. The van der Waals surface area contributed by atoms with E-state index in [0.717, 1.165) is 37.5 Å². The number of nitrogens with zero attached hydrogens (tertiary/aromatic N) is 1. The van der Waals surface area contributed by atoms with E-state index in [4.69, 9.17) is 9.47 Å². The highest BCUT2D eigenvalue weighted by atomic mass is 127. The number of aliphatic imine (C=N–C) groups is 1. The molecule has 1 amide bonds. The maximum absolute atomic E-state index is 11.7. The van der Waals surface area contributed by atoms with Gasteiger partial charge in [-0.1, -0.05) is 12.1 Å². The van der Waals surface area contributed by atoms with E-state index in [-0.39, 0.29) is 42.0 Å². The zero-order valence-corrected chi connectivity index (χ0v) is 18.6. The number of hydrogen-bond donors (Lipinski definition) is 3. The fourth-order valence-electron chi connectivity index (χ4n) is 2.73. The predicted molar refractivity (Wildman–Crippen MR) is 118 cm³/mol. The van der Waals surface area contributed by atoms with E-state index in [1.165, 1.54) is 0 Å². The quantitative estimate of drug-likeness (QED) is 0.293. The summed E-state index contributed by atoms with van der Waals surface area (Å²) in [5, 5.41) is 9.26. The van der Waals surface area contributed by atoms with Gasteiger partial charge in [-0.2, -0.15) is 0 Å². The molecule has 1 aromatic rings. The van der Waals surface area contributed by atoms with E-state index in [0.29, 0.717) is 18.8 Å². The number of carbonyl (C=O) groups is 1. The molecular formula is C19H31IN4O3. The number of rotatable bonds is 8. The van der Waals surface area contributed by atoms with Crippen molar-refractivity contribution in [3.63, 3.8) is 0 Å². The fraction of sp³-hybridized carbons (Fsp3) is 0.579. The second-order valence-electron chi connectivity index (χ2n) is 6.39. The van der Waals surface area contributed by atoms with Crippen LogP contribution in [0.5, 0.6) is 0 Å². The highest BCUT2D eigenvalue weighted by Gasteiger charge is 2.17. The van der Waals surface area contributed by atoms with Crippen molar-refractivity contribution in [3.8, 4) is 0 Å². The zero-order chi connectivity index (χ0) is 18.8. The Morgan fingerprint density at radius 1 is 1.44 bits per heavy atom. The SMILES string of the molecule is CN=C(NCCc1cccc(C(=O)NC)c1)NC(C)COC1CCOC1.I. The summed E-state index contributed by atoms with van der Waals surface area (Å²) in [7, 11) is 3.39. The van der Waals surface area contributed by atoms with Gasteiger partial charge in [0.25, 0.3) is 5.91 Å². The zero-order valence-electron chi connectivity index (χ0n) is 16.3. The molecule has 8 heteroatoms. The molecule has 1 aliphatic heterocycles. The van der Waals surface area contributed by atoms with Gasteiger partial charge in [-0.05, 0) is 37.5 Å². The van der Waals surface area contributed by atoms with Crippen LogP contribution < -0.4 is 16.0 Å². The van der Waals surface area contributed by atoms with Gasteiger partial charge >= 0.3 is 0 Å². The van der Waals surface area contributed by atoms with Crippen LogP contribution in [-0.4, -0.2) is 64.5 Å². The number of halogens is 1. The molecule has 0 radical (unpaired) electrons. The highest BCUT2D eigenvalue weighted by Crippen LogP contribution is 2.08. The first-order valence-electron chi connectivity index (χ1n) is 9.10. The third-order valence-electron chi connectivity index (χ3n) is 4.20. The lowest BCUT2D eigenvalue weighted by Gasteiger charge is -2.19. The van der Waals surface area contributed by atoms with Gasteiger partial charge in [-0.15, -0.1) is 24.0 Å². The molecule has 0 bridgehead atoms. The standard InChI is InChI=1S/C19H30N4O3.HI/c1-14(12-26-17-8-10-25-13-17)23-19(21-3)22-9-7-15-5-4-6-16(11-15)18(24)20-2;/h4-6,11,14,17H,7-10,12-13H2,1-3H3,(H,20,24)(H2,21,22,23);1H. The van der Waals surface area contributed by atoms with Crippen molar-refractivity contribution in [1.29, 1.82) is 0 Å². The number of amides is 1. The van der Waals surface area contributed by atoms with Crippen LogP contribution in [0.2, 0.25) is 0 Å². The van der Waals surface area contributed by atoms with Gasteiger partial charge in [0.2, 0.25) is 0 Å². The van der Waals surface area contributed by atoms with Crippen molar-refractivity contribution in [2.24, 2.45) is 4.99 Å². The van der Waals surface area contributed by atoms with Crippen molar-refractivity contribution in [1.82, 2.24) is 16.0 Å². The molecule has 1 aliphatic rings. The molecule has 2 rings (SSSR count). The van der Waals surface area contributed by atoms with Gasteiger partial charge in [0.1, 0.15) is 0 Å². The summed E-state index contributed by atoms with van der Waals surface area (Å²) < 4.78 is 11.1. The molecule has 27 heavy (non-hydrogen) atoms. The first-order chi connectivity index (χ1) is 12.6. The van der Waals surface area contributed by atoms with E-state index in [9.17, 15) is 4.79 Å². The third-order valence-corrected chi connectivity index (χ3v) is 4.20. The second kappa shape index (κ2) is 12.9. The van der Waals surface area contributed by atoms with Gasteiger partial charge in [-0.25, -0.2) is 0 Å². The van der Waals surface area contributed by atoms with Crippen molar-refractivity contribution < 1.29 is 14.3 Å². The van der Waals surface area contributed by atoms with Crippen LogP contribution in [-0.2, 0) is 15.9 Å². The van der Waals surface area contributed by atoms with E-state index in [1.807, 2.05) is 24.3 Å². The van der Waals surface area contributed by atoms with Crippen LogP contribution in [0.4, 0.5) is 0 Å². The fourth-order valence-corrected chi connectivity index (χ4v) is 2.73. The molecule has 1 heterocycles. The van der Waals surface area contributed by atoms with Crippen LogP contribution in [0.25, 0.3) is 0 Å². The van der Waals surface area contributed by atoms with Gasteiger partial charge in [0, 0.05) is 38.9 Å². The molecule has 0 aliphatic carbocycles. The average Bonchev–Trinajstić information content (AvgIpc) is 3.18. The molecule has 3 N–H and O–H groups in total. The Hall–Kier alpha value is -1.39. The highest BCUT2D eigenvalue weighted by molar-refractivity contribution is 14.0. The number of carbonyl (C=O) groups excluding carboxylic acids is 1. The Morgan fingerprint density at radius 2 is 2.26 bits per heavy atom. The lowest BCUT2D eigenvalue weighted by molar-refractivity contribution is 0.0347. The molecule has 1 aromatic carbocycles. The molecule has 152 valence electrons. The maximum Gasteiger partial charge on any atom is 0.251 e. The third kappa shape index (κ3) is 8.44. The van der Waals surface area contributed by atoms with Gasteiger partial charge in [0.15, 0.2) is 5.96 Å². The molecule has 0 saturated carbocycles. The minimum Gasteiger partial charge on any atom is -0.379 e. The summed E-state index contributed by atoms with van der Waals surface area (Å²) in [6.07, 6.45) is 1.98. The van der Waals surface area contributed by atoms with Gasteiger partial charge < -0.3 is 25.4 Å². The van der Waals surface area contributed by atoms with Crippen LogP contribution in [0, 0.1) is 0 Å². The average molecular weight is 490 g/mol. The molecule has 2 atom stereocenters.